The van der Waals surface area contributed by atoms with E-state index < -0.39 is 42.3 Å². The van der Waals surface area contributed by atoms with E-state index in [4.69, 9.17) is 25.8 Å². The number of halogens is 3. The van der Waals surface area contributed by atoms with Crippen LogP contribution >= 0.6 is 11.6 Å². The van der Waals surface area contributed by atoms with Crippen molar-refractivity contribution < 1.29 is 37.7 Å². The Morgan fingerprint density at radius 2 is 1.80 bits per heavy atom. The molecule has 0 radical (unpaired) electrons. The second kappa shape index (κ2) is 11.8. The van der Waals surface area contributed by atoms with Crippen LogP contribution in [0.1, 0.15) is 74.3 Å². The molecule has 0 spiro atoms. The minimum absolute atomic E-state index is 0.0294. The minimum atomic E-state index is -3.17. The van der Waals surface area contributed by atoms with Crippen LogP contribution in [0.4, 0.5) is 13.6 Å². The first-order chi connectivity index (χ1) is 18.9. The number of nitrogens with one attached hydrogen (secondary N) is 1. The second-order valence-electron chi connectivity index (χ2n) is 10.5. The zero-order chi connectivity index (χ0) is 29.2. The molecule has 0 heterocycles. The molecule has 11 heteroatoms. The zero-order valence-corrected chi connectivity index (χ0v) is 23.8. The highest BCUT2D eigenvalue weighted by Crippen LogP contribution is 2.53. The Morgan fingerprint density at radius 3 is 2.33 bits per heavy atom. The van der Waals surface area contributed by atoms with E-state index in [2.05, 4.69) is 5.32 Å². The van der Waals surface area contributed by atoms with Crippen molar-refractivity contribution in [3.8, 4) is 11.5 Å². The maximum Gasteiger partial charge on any atom is 0.329 e. The number of amides is 2. The molecule has 0 bridgehead atoms. The third-order valence-corrected chi connectivity index (χ3v) is 8.07. The first kappa shape index (κ1) is 29.9. The Labute approximate surface area is 237 Å². The minimum Gasteiger partial charge on any atom is -0.496 e. The van der Waals surface area contributed by atoms with E-state index in [9.17, 15) is 23.5 Å². The Bertz CT molecular complexity index is 1230. The van der Waals surface area contributed by atoms with Crippen molar-refractivity contribution in [2.24, 2.45) is 0 Å². The average Bonchev–Trinajstić information content (AvgIpc) is 3.74. The highest BCUT2D eigenvalue weighted by atomic mass is 35.5. The van der Waals surface area contributed by atoms with E-state index >= 15 is 0 Å². The van der Waals surface area contributed by atoms with Crippen LogP contribution in [0.3, 0.4) is 0 Å². The summed E-state index contributed by atoms with van der Waals surface area (Å²) < 4.78 is 44.8. The van der Waals surface area contributed by atoms with Crippen molar-refractivity contribution >= 4 is 23.6 Å². The molecule has 2 atom stereocenters. The molecule has 8 nitrogen and oxygen atoms in total. The topological polar surface area (TPSA) is 97.3 Å². The average molecular weight is 581 g/mol. The Morgan fingerprint density at radius 1 is 1.15 bits per heavy atom. The first-order valence-corrected chi connectivity index (χ1v) is 13.6. The standard InChI is InChI=1S/C29H35ClF2N2O6/c1-17(21-14-22(38-3)23(20-10-11-20)25(39-4)24(21)30)34(12-13-40-18(2)19-8-6-5-7-9-19)27(37)33-28(26(35)36)15-29(31,32)16-28/h5-9,14,17-18,20H,10-13,15-16H2,1-4H3,(H,33,37)(H,35,36)/t17?,18-/m0/s1. The van der Waals surface area contributed by atoms with Gasteiger partial charge in [0, 0.05) is 30.5 Å². The number of carbonyl (C=O) groups is 2. The summed E-state index contributed by atoms with van der Waals surface area (Å²) in [6.45, 7) is 3.72. The molecule has 2 aromatic rings. The Kier molecular flexibility index (Phi) is 8.80. The predicted molar refractivity (Wildman–Crippen MR) is 146 cm³/mol. The van der Waals surface area contributed by atoms with E-state index in [-0.39, 0.29) is 25.2 Å². The van der Waals surface area contributed by atoms with Crippen molar-refractivity contribution in [1.82, 2.24) is 10.2 Å². The summed E-state index contributed by atoms with van der Waals surface area (Å²) in [7, 11) is 3.05. The van der Waals surface area contributed by atoms with Gasteiger partial charge in [0.15, 0.2) is 5.54 Å². The Balaban J connectivity index is 1.62. The summed E-state index contributed by atoms with van der Waals surface area (Å²) in [6.07, 6.45) is -0.290. The third-order valence-electron chi connectivity index (χ3n) is 7.68. The number of urea groups is 1. The van der Waals surface area contributed by atoms with Gasteiger partial charge in [-0.3, -0.25) is 0 Å². The number of hydrogen-bond donors (Lipinski definition) is 2. The van der Waals surface area contributed by atoms with Crippen LogP contribution in [0.2, 0.25) is 5.02 Å². The van der Waals surface area contributed by atoms with Crippen molar-refractivity contribution in [2.45, 2.75) is 69.1 Å². The van der Waals surface area contributed by atoms with Crippen molar-refractivity contribution in [2.75, 3.05) is 27.4 Å². The van der Waals surface area contributed by atoms with Crippen LogP contribution in [-0.4, -0.2) is 60.8 Å². The molecule has 0 aromatic heterocycles. The number of methoxy groups -OCH3 is 2. The van der Waals surface area contributed by atoms with Gasteiger partial charge in [-0.25, -0.2) is 18.4 Å². The van der Waals surface area contributed by atoms with Gasteiger partial charge in [0.05, 0.1) is 38.0 Å². The fraction of sp³-hybridized carbons (Fsp3) is 0.517. The largest absolute Gasteiger partial charge is 0.496 e. The normalized spacial score (nSPS) is 18.7. The number of hydrogen-bond acceptors (Lipinski definition) is 5. The maximum absolute atomic E-state index is 13.8. The van der Waals surface area contributed by atoms with Crippen LogP contribution < -0.4 is 14.8 Å². The van der Waals surface area contributed by atoms with Gasteiger partial charge in [-0.1, -0.05) is 41.9 Å². The molecule has 2 aromatic carbocycles. The lowest BCUT2D eigenvalue weighted by Crippen LogP contribution is -2.68. The summed E-state index contributed by atoms with van der Waals surface area (Å²) in [5.41, 5.74) is 0.255. The van der Waals surface area contributed by atoms with E-state index in [0.717, 1.165) is 24.0 Å². The fourth-order valence-corrected chi connectivity index (χ4v) is 5.65. The molecule has 2 saturated carbocycles. The van der Waals surface area contributed by atoms with Gasteiger partial charge in [0.1, 0.15) is 11.5 Å². The molecular formula is C29H35ClF2N2O6. The summed E-state index contributed by atoms with van der Waals surface area (Å²) in [5, 5.41) is 12.4. The van der Waals surface area contributed by atoms with Gasteiger partial charge in [0.25, 0.3) is 5.92 Å². The maximum atomic E-state index is 13.8. The van der Waals surface area contributed by atoms with Crippen LogP contribution in [0.25, 0.3) is 0 Å². The number of carboxylic acid groups (broad SMARTS) is 1. The molecule has 2 amide bonds. The van der Waals surface area contributed by atoms with E-state index in [0.29, 0.717) is 22.1 Å². The lowest BCUT2D eigenvalue weighted by Gasteiger charge is -2.45. The second-order valence-corrected chi connectivity index (χ2v) is 10.9. The molecule has 0 aliphatic heterocycles. The van der Waals surface area contributed by atoms with Crippen LogP contribution in [0.15, 0.2) is 36.4 Å². The Hall–Kier alpha value is -3.11. The van der Waals surface area contributed by atoms with Crippen LogP contribution in [-0.2, 0) is 9.53 Å². The zero-order valence-electron chi connectivity index (χ0n) is 23.0. The molecule has 2 aliphatic carbocycles. The number of carboxylic acids is 1. The summed E-state index contributed by atoms with van der Waals surface area (Å²) in [4.78, 5) is 26.9. The number of benzene rings is 2. The molecule has 1 unspecified atom stereocenters. The number of carbonyl (C=O) groups excluding carboxylic acids is 1. The van der Waals surface area contributed by atoms with Gasteiger partial charge in [-0.2, -0.15) is 0 Å². The van der Waals surface area contributed by atoms with E-state index in [1.165, 1.54) is 12.0 Å². The van der Waals surface area contributed by atoms with E-state index in [1.807, 2.05) is 37.3 Å². The summed E-state index contributed by atoms with van der Waals surface area (Å²) in [6, 6.07) is 9.74. The van der Waals surface area contributed by atoms with Crippen molar-refractivity contribution in [1.29, 1.82) is 0 Å². The van der Waals surface area contributed by atoms with Crippen LogP contribution in [0.5, 0.6) is 11.5 Å². The lowest BCUT2D eigenvalue weighted by molar-refractivity contribution is -0.175. The molecule has 40 heavy (non-hydrogen) atoms. The smallest absolute Gasteiger partial charge is 0.329 e. The van der Waals surface area contributed by atoms with E-state index in [1.54, 1.807) is 20.1 Å². The van der Waals surface area contributed by atoms with Crippen LogP contribution in [0, 0.1) is 0 Å². The number of nitrogens with zero attached hydrogens (tertiary/aromatic N) is 1. The first-order valence-electron chi connectivity index (χ1n) is 13.2. The molecule has 4 rings (SSSR count). The molecule has 2 N–H and O–H groups in total. The summed E-state index contributed by atoms with van der Waals surface area (Å²) >= 11 is 6.82. The highest BCUT2D eigenvalue weighted by Gasteiger charge is 2.62. The SMILES string of the molecule is COc1cc(C(C)N(CCO[C@@H](C)c2ccccc2)C(=O)NC2(C(=O)O)CC(F)(F)C2)c(Cl)c(OC)c1C1CC1. The number of ether oxygens (including phenoxy) is 3. The van der Waals surface area contributed by atoms with Gasteiger partial charge in [-0.15, -0.1) is 0 Å². The van der Waals surface area contributed by atoms with Gasteiger partial charge < -0.3 is 29.5 Å². The van der Waals surface area contributed by atoms with Crippen molar-refractivity contribution in [3.63, 3.8) is 0 Å². The van der Waals surface area contributed by atoms with Crippen molar-refractivity contribution in [3.05, 3.63) is 58.1 Å². The van der Waals surface area contributed by atoms with Gasteiger partial charge in [-0.05, 0) is 44.2 Å². The predicted octanol–water partition coefficient (Wildman–Crippen LogP) is 6.34. The third kappa shape index (κ3) is 6.12. The van der Waals surface area contributed by atoms with Gasteiger partial charge >= 0.3 is 12.0 Å². The molecule has 2 fully saturated rings. The summed E-state index contributed by atoms with van der Waals surface area (Å²) in [5.74, 6) is -3.39. The fourth-order valence-electron chi connectivity index (χ4n) is 5.26. The monoisotopic (exact) mass is 580 g/mol. The molecule has 2 aliphatic rings. The molecule has 0 saturated heterocycles. The molecule has 218 valence electrons. The number of rotatable bonds is 12. The lowest BCUT2D eigenvalue weighted by atomic mass is 9.73. The highest BCUT2D eigenvalue weighted by molar-refractivity contribution is 6.33. The molecular weight excluding hydrogens is 546 g/mol. The number of aliphatic carboxylic acids is 1. The van der Waals surface area contributed by atoms with Gasteiger partial charge in [0.2, 0.25) is 0 Å². The number of alkyl halides is 2. The quantitative estimate of drug-likeness (QED) is 0.304.